The van der Waals surface area contributed by atoms with Crippen LogP contribution in [0.15, 0.2) is 88.3 Å². The fraction of sp³-hybridized carbons (Fsp3) is 0.381. The van der Waals surface area contributed by atoms with Crippen LogP contribution in [0, 0.1) is 0 Å². The van der Waals surface area contributed by atoms with Crippen molar-refractivity contribution in [2.75, 3.05) is 28.6 Å². The highest BCUT2D eigenvalue weighted by molar-refractivity contribution is 7.94. The summed E-state index contributed by atoms with van der Waals surface area (Å²) in [6.45, 7) is 9.43. The third-order valence-electron chi connectivity index (χ3n) is 11.0. The van der Waals surface area contributed by atoms with Crippen molar-refractivity contribution in [3.63, 3.8) is 0 Å². The number of carbonyl (C=O) groups is 3. The predicted octanol–water partition coefficient (Wildman–Crippen LogP) is 6.85. The van der Waals surface area contributed by atoms with Gasteiger partial charge in [-0.05, 0) is 99.7 Å². The molecule has 2 amide bonds. The third kappa shape index (κ3) is 9.38. The van der Waals surface area contributed by atoms with Crippen molar-refractivity contribution in [3.05, 3.63) is 95.2 Å². The largest absolute Gasteiger partial charge is 0.744 e. The zero-order valence-electron chi connectivity index (χ0n) is 32.8. The van der Waals surface area contributed by atoms with Gasteiger partial charge in [-0.25, -0.2) is 13.2 Å². The van der Waals surface area contributed by atoms with E-state index in [9.17, 15) is 37.7 Å². The Morgan fingerprint density at radius 2 is 1.53 bits per heavy atom. The van der Waals surface area contributed by atoms with E-state index < -0.39 is 26.9 Å². The lowest BCUT2D eigenvalue weighted by Gasteiger charge is -2.27. The summed E-state index contributed by atoms with van der Waals surface area (Å²) in [5.41, 5.74) is 4.78. The zero-order valence-corrected chi connectivity index (χ0v) is 34.5. The van der Waals surface area contributed by atoms with Crippen LogP contribution in [0.4, 0.5) is 22.7 Å². The number of carboxylic acids is 1. The summed E-state index contributed by atoms with van der Waals surface area (Å²) in [6, 6.07) is 14.6. The van der Waals surface area contributed by atoms with Crippen LogP contribution >= 0.6 is 12.0 Å². The van der Waals surface area contributed by atoms with Crippen LogP contribution < -0.4 is 20.8 Å². The fourth-order valence-electron chi connectivity index (χ4n) is 8.09. The van der Waals surface area contributed by atoms with E-state index in [0.29, 0.717) is 49.2 Å². The van der Waals surface area contributed by atoms with Gasteiger partial charge in [0.05, 0.1) is 27.9 Å². The van der Waals surface area contributed by atoms with Gasteiger partial charge < -0.3 is 30.4 Å². The van der Waals surface area contributed by atoms with Crippen LogP contribution in [-0.2, 0) is 39.9 Å². The van der Waals surface area contributed by atoms with Crippen LogP contribution in [-0.4, -0.2) is 59.2 Å². The number of benzene rings is 3. The van der Waals surface area contributed by atoms with Gasteiger partial charge in [-0.1, -0.05) is 26.3 Å². The molecule has 3 heterocycles. The first kappa shape index (κ1) is 42.8. The molecule has 3 aromatic rings. The Labute approximate surface area is 342 Å². The molecular weight excluding hydrogens is 785 g/mol. The number of hydrogen-bond acceptors (Lipinski definition) is 11. The van der Waals surface area contributed by atoms with Crippen molar-refractivity contribution in [1.29, 1.82) is 0 Å². The van der Waals surface area contributed by atoms with E-state index >= 15 is 0 Å². The average Bonchev–Trinajstić information content (AvgIpc) is 3.50. The van der Waals surface area contributed by atoms with Gasteiger partial charge in [0.25, 0.3) is 0 Å². The molecule has 3 aliphatic heterocycles. The van der Waals surface area contributed by atoms with Gasteiger partial charge in [0.1, 0.15) is 16.7 Å². The average molecular weight is 832 g/mol. The zero-order chi connectivity index (χ0) is 41.8. The monoisotopic (exact) mass is 831 g/mol. The van der Waals surface area contributed by atoms with Gasteiger partial charge in [-0.2, -0.15) is 8.91 Å². The highest BCUT2D eigenvalue weighted by Crippen LogP contribution is 2.49. The number of anilines is 3. The molecule has 0 fully saturated rings. The van der Waals surface area contributed by atoms with Crippen molar-refractivity contribution < 1.29 is 51.7 Å². The molecule has 3 N–H and O–H groups in total. The quantitative estimate of drug-likeness (QED) is 0.0796. The number of carbonyl (C=O) groups excluding carboxylic acids is 2. The van der Waals surface area contributed by atoms with E-state index in [1.807, 2.05) is 44.2 Å². The predicted molar refractivity (Wildman–Crippen MR) is 217 cm³/mol. The summed E-state index contributed by atoms with van der Waals surface area (Å²) in [6.07, 6.45) is 10.5. The first-order valence-electron chi connectivity index (χ1n) is 19.2. The molecule has 6 rings (SSSR count). The lowest BCUT2D eigenvalue weighted by atomic mass is 9.81. The van der Waals surface area contributed by atoms with E-state index in [1.54, 1.807) is 12.1 Å². The van der Waals surface area contributed by atoms with Crippen LogP contribution in [0.2, 0.25) is 0 Å². The summed E-state index contributed by atoms with van der Waals surface area (Å²) in [5.74, 6) is -1.75. The number of carboxylic acid groups (broad SMARTS) is 1. The summed E-state index contributed by atoms with van der Waals surface area (Å²) in [4.78, 5) is 40.4. The van der Waals surface area contributed by atoms with Gasteiger partial charge in [0, 0.05) is 76.6 Å². The van der Waals surface area contributed by atoms with Crippen molar-refractivity contribution in [2.45, 2.75) is 99.7 Å². The second-order valence-electron chi connectivity index (χ2n) is 15.7. The topological polar surface area (TPSA) is 200 Å². The molecule has 58 heavy (non-hydrogen) atoms. The summed E-state index contributed by atoms with van der Waals surface area (Å²) in [7, 11) is -4.70. The van der Waals surface area contributed by atoms with Gasteiger partial charge in [0.2, 0.25) is 17.5 Å². The molecule has 308 valence electrons. The highest BCUT2D eigenvalue weighted by atomic mass is 32.2. The molecule has 0 saturated carbocycles. The molecule has 0 aromatic heterocycles. The number of fused-ring (bicyclic) bond motifs is 7. The smallest absolute Gasteiger partial charge is 0.335 e. The Morgan fingerprint density at radius 1 is 0.862 bits per heavy atom. The molecule has 0 aliphatic carbocycles. The molecule has 0 spiro atoms. The number of hydrogen-bond donors (Lipinski definition) is 3. The van der Waals surface area contributed by atoms with Gasteiger partial charge in [-0.3, -0.25) is 14.6 Å². The van der Waals surface area contributed by atoms with E-state index in [4.69, 9.17) is 0 Å². The lowest BCUT2D eigenvalue weighted by molar-refractivity contribution is -0.777. The molecule has 0 radical (unpaired) electrons. The minimum absolute atomic E-state index is 0.0703. The van der Waals surface area contributed by atoms with Crippen molar-refractivity contribution in [1.82, 2.24) is 0 Å². The van der Waals surface area contributed by atoms with Gasteiger partial charge in [0.15, 0.2) is 5.71 Å². The second-order valence-corrected chi connectivity index (χ2v) is 17.9. The molecule has 16 heteroatoms. The maximum Gasteiger partial charge on any atom is 0.335 e. The van der Waals surface area contributed by atoms with Crippen molar-refractivity contribution in [2.24, 2.45) is 0 Å². The SMILES string of the molecule is CC1(C)C2=[N+](CCCCCC(=O)Nc3cc(cc(C(=O)O)c3)NC(=O)CCCCCN3/C(=C/C=C/2)C(C)(C)c2cc(S(=O)(=O)[O-])ccc23)c2ccc(SOO[O-])cc21. The number of aromatic carboxylic acids is 1. The minimum Gasteiger partial charge on any atom is -0.744 e. The Morgan fingerprint density at radius 3 is 2.17 bits per heavy atom. The molecule has 0 saturated heterocycles. The highest BCUT2D eigenvalue weighted by Gasteiger charge is 2.45. The van der Waals surface area contributed by atoms with Crippen LogP contribution in [0.3, 0.4) is 0 Å². The number of nitrogens with one attached hydrogen (secondary N) is 2. The number of amides is 2. The molecular formula is C42H47N4O10S2-. The van der Waals surface area contributed by atoms with E-state index in [2.05, 4.69) is 49.4 Å². The Balaban J connectivity index is 1.37. The number of rotatable bonds is 5. The first-order chi connectivity index (χ1) is 27.5. The van der Waals surface area contributed by atoms with Crippen molar-refractivity contribution in [3.8, 4) is 0 Å². The molecule has 14 nitrogen and oxygen atoms in total. The maximum atomic E-state index is 13.0. The maximum absolute atomic E-state index is 13.0. The lowest BCUT2D eigenvalue weighted by Crippen LogP contribution is -2.28. The molecule has 0 unspecified atom stereocenters. The third-order valence-corrected chi connectivity index (χ3v) is 12.4. The fourth-order valence-corrected chi connectivity index (χ4v) is 8.98. The van der Waals surface area contributed by atoms with E-state index in [-0.39, 0.29) is 46.5 Å². The van der Waals surface area contributed by atoms with Gasteiger partial charge in [-0.15, -0.1) is 0 Å². The Bertz CT molecular complexity index is 2320. The molecule has 0 atom stereocenters. The van der Waals surface area contributed by atoms with Crippen LogP contribution in [0.1, 0.15) is 101 Å². The number of allylic oxidation sites excluding steroid dienone is 4. The van der Waals surface area contributed by atoms with E-state index in [1.165, 1.54) is 24.3 Å². The standard InChI is InChI=1S/C42H48N4O10S2/c1-41(2)32-25-30(57-56-55-51)16-18-34(32)45-20-9-5-7-14-38(47)43-28-22-27(40(49)50)23-29(24-28)44-39(48)15-8-6-10-21-46-35-19-17-31(58(52,53)54)26-33(35)42(3,4)37(46)13-11-12-36(41)45/h11-13,16-19,22-26H,5-10,14-15,20-21H2,1-4H3,(H4-,43,44,47,48,49,50,51,52,53,54)/p-1. The van der Waals surface area contributed by atoms with Crippen molar-refractivity contribution >= 4 is 68.4 Å². The van der Waals surface area contributed by atoms with E-state index in [0.717, 1.165) is 53.2 Å². The van der Waals surface area contributed by atoms with Crippen LogP contribution in [0.25, 0.3) is 0 Å². The molecule has 2 bridgehead atoms. The Hall–Kier alpha value is -4.84. The van der Waals surface area contributed by atoms with Crippen LogP contribution in [0.5, 0.6) is 0 Å². The minimum atomic E-state index is -4.70. The summed E-state index contributed by atoms with van der Waals surface area (Å²) >= 11 is 0.824. The summed E-state index contributed by atoms with van der Waals surface area (Å²) in [5, 5.41) is 29.5. The van der Waals surface area contributed by atoms with Gasteiger partial charge >= 0.3 is 5.97 Å². The summed E-state index contributed by atoms with van der Waals surface area (Å²) < 4.78 is 43.1. The number of nitrogens with zero attached hydrogens (tertiary/aromatic N) is 2. The normalized spacial score (nSPS) is 20.3. The Kier molecular flexibility index (Phi) is 12.9. The first-order valence-corrected chi connectivity index (χ1v) is 21.3. The molecule has 3 aliphatic rings. The molecule has 3 aromatic carbocycles. The second kappa shape index (κ2) is 17.6.